The SMILES string of the molecule is Clc1cnc2c1ccc1n[nH]ncc12. The molecule has 0 amide bonds. The maximum atomic E-state index is 5.96. The van der Waals surface area contributed by atoms with Crippen LogP contribution >= 0.6 is 11.6 Å². The summed E-state index contributed by atoms with van der Waals surface area (Å²) in [5, 5.41) is 12.9. The lowest BCUT2D eigenvalue weighted by Gasteiger charge is -1.96. The zero-order valence-corrected chi connectivity index (χ0v) is 7.78. The largest absolute Gasteiger partial charge is 0.254 e. The van der Waals surface area contributed by atoms with Crippen LogP contribution in [0.5, 0.6) is 0 Å². The van der Waals surface area contributed by atoms with Crippen LogP contribution in [0.4, 0.5) is 0 Å². The van der Waals surface area contributed by atoms with Gasteiger partial charge in [0.25, 0.3) is 0 Å². The molecule has 0 aliphatic heterocycles. The zero-order chi connectivity index (χ0) is 9.54. The molecule has 0 radical (unpaired) electrons. The smallest absolute Gasteiger partial charge is 0.0960 e. The molecule has 2 heterocycles. The Morgan fingerprint density at radius 3 is 3.00 bits per heavy atom. The minimum atomic E-state index is 0.662. The number of hydrogen-bond donors (Lipinski definition) is 1. The zero-order valence-electron chi connectivity index (χ0n) is 7.03. The number of rotatable bonds is 0. The number of aromatic nitrogens is 4. The fourth-order valence-electron chi connectivity index (χ4n) is 1.52. The molecule has 68 valence electrons. The summed E-state index contributed by atoms with van der Waals surface area (Å²) in [5.74, 6) is 0. The summed E-state index contributed by atoms with van der Waals surface area (Å²) in [6.07, 6.45) is 3.34. The van der Waals surface area contributed by atoms with Crippen LogP contribution in [0.25, 0.3) is 21.8 Å². The molecule has 0 atom stereocenters. The van der Waals surface area contributed by atoms with Gasteiger partial charge in [-0.1, -0.05) is 11.6 Å². The first-order valence-electron chi connectivity index (χ1n) is 4.09. The van der Waals surface area contributed by atoms with Gasteiger partial charge in [-0.3, -0.25) is 4.98 Å². The predicted molar refractivity (Wildman–Crippen MR) is 54.2 cm³/mol. The third-order valence-corrected chi connectivity index (χ3v) is 2.48. The molecule has 3 rings (SSSR count). The molecule has 5 heteroatoms. The molecule has 0 saturated heterocycles. The Morgan fingerprint density at radius 2 is 2.07 bits per heavy atom. The highest BCUT2D eigenvalue weighted by atomic mass is 35.5. The van der Waals surface area contributed by atoms with E-state index < -0.39 is 0 Å². The fourth-order valence-corrected chi connectivity index (χ4v) is 1.72. The summed E-state index contributed by atoms with van der Waals surface area (Å²) in [5.41, 5.74) is 1.68. The number of fused-ring (bicyclic) bond motifs is 3. The number of benzene rings is 1. The van der Waals surface area contributed by atoms with Crippen molar-refractivity contribution in [2.45, 2.75) is 0 Å². The molecule has 0 aliphatic carbocycles. The van der Waals surface area contributed by atoms with Crippen molar-refractivity contribution in [3.63, 3.8) is 0 Å². The van der Waals surface area contributed by atoms with E-state index in [0.717, 1.165) is 21.8 Å². The molecular weight excluding hydrogens is 200 g/mol. The highest BCUT2D eigenvalue weighted by Gasteiger charge is 2.06. The number of H-pyrrole nitrogens is 1. The summed E-state index contributed by atoms with van der Waals surface area (Å²) < 4.78 is 0. The predicted octanol–water partition coefficient (Wildman–Crippen LogP) is 2.16. The molecule has 3 aromatic rings. The van der Waals surface area contributed by atoms with E-state index in [4.69, 9.17) is 11.6 Å². The molecule has 0 aliphatic rings. The molecule has 1 aromatic carbocycles. The molecule has 0 bridgehead atoms. The molecule has 2 aromatic heterocycles. The van der Waals surface area contributed by atoms with E-state index in [1.807, 2.05) is 12.1 Å². The highest BCUT2D eigenvalue weighted by Crippen LogP contribution is 2.27. The van der Waals surface area contributed by atoms with Crippen LogP contribution in [0.3, 0.4) is 0 Å². The van der Waals surface area contributed by atoms with Crippen LogP contribution in [0.1, 0.15) is 0 Å². The van der Waals surface area contributed by atoms with E-state index in [9.17, 15) is 0 Å². The van der Waals surface area contributed by atoms with Crippen LogP contribution in [0.2, 0.25) is 5.02 Å². The summed E-state index contributed by atoms with van der Waals surface area (Å²) in [6.45, 7) is 0. The number of halogens is 1. The highest BCUT2D eigenvalue weighted by molar-refractivity contribution is 6.36. The first kappa shape index (κ1) is 7.70. The van der Waals surface area contributed by atoms with Gasteiger partial charge in [0.2, 0.25) is 0 Å². The first-order chi connectivity index (χ1) is 6.86. The molecule has 14 heavy (non-hydrogen) atoms. The van der Waals surface area contributed by atoms with Crippen LogP contribution in [0, 0.1) is 0 Å². The summed E-state index contributed by atoms with van der Waals surface area (Å²) in [7, 11) is 0. The summed E-state index contributed by atoms with van der Waals surface area (Å²) in [4.78, 5) is 4.22. The number of hydrogen-bond acceptors (Lipinski definition) is 3. The van der Waals surface area contributed by atoms with E-state index in [-0.39, 0.29) is 0 Å². The maximum Gasteiger partial charge on any atom is 0.0960 e. The Hall–Kier alpha value is -1.68. The second kappa shape index (κ2) is 2.65. The lowest BCUT2D eigenvalue weighted by molar-refractivity contribution is 0.896. The lowest BCUT2D eigenvalue weighted by Crippen LogP contribution is -1.87. The normalized spacial score (nSPS) is 11.2. The third kappa shape index (κ3) is 0.914. The lowest BCUT2D eigenvalue weighted by atomic mass is 10.2. The van der Waals surface area contributed by atoms with E-state index in [0.29, 0.717) is 5.02 Å². The summed E-state index contributed by atoms with van der Waals surface area (Å²) >= 11 is 5.96. The van der Waals surface area contributed by atoms with Crippen LogP contribution in [-0.4, -0.2) is 20.4 Å². The maximum absolute atomic E-state index is 5.96. The minimum absolute atomic E-state index is 0.662. The average Bonchev–Trinajstić information content (AvgIpc) is 2.61. The second-order valence-electron chi connectivity index (χ2n) is 2.97. The van der Waals surface area contributed by atoms with Gasteiger partial charge in [-0.15, -0.1) is 0 Å². The first-order valence-corrected chi connectivity index (χ1v) is 4.47. The van der Waals surface area contributed by atoms with E-state index in [2.05, 4.69) is 20.4 Å². The van der Waals surface area contributed by atoms with Gasteiger partial charge >= 0.3 is 0 Å². The summed E-state index contributed by atoms with van der Waals surface area (Å²) in [6, 6.07) is 3.80. The van der Waals surface area contributed by atoms with Crippen LogP contribution in [0.15, 0.2) is 24.5 Å². The van der Waals surface area contributed by atoms with Crippen LogP contribution in [-0.2, 0) is 0 Å². The fraction of sp³-hybridized carbons (Fsp3) is 0. The molecular formula is C9H5ClN4. The Kier molecular flexibility index (Phi) is 1.46. The Balaban J connectivity index is 2.61. The Bertz CT molecular complexity index is 616. The third-order valence-electron chi connectivity index (χ3n) is 2.18. The second-order valence-corrected chi connectivity index (χ2v) is 3.38. The van der Waals surface area contributed by atoms with Gasteiger partial charge in [0, 0.05) is 17.0 Å². The van der Waals surface area contributed by atoms with E-state index in [1.165, 1.54) is 0 Å². The van der Waals surface area contributed by atoms with Crippen molar-refractivity contribution < 1.29 is 0 Å². The van der Waals surface area contributed by atoms with Crippen molar-refractivity contribution in [1.29, 1.82) is 0 Å². The minimum Gasteiger partial charge on any atom is -0.254 e. The van der Waals surface area contributed by atoms with E-state index >= 15 is 0 Å². The molecule has 0 saturated carbocycles. The van der Waals surface area contributed by atoms with Gasteiger partial charge in [0.1, 0.15) is 0 Å². The Morgan fingerprint density at radius 1 is 1.14 bits per heavy atom. The van der Waals surface area contributed by atoms with Gasteiger partial charge in [-0.05, 0) is 12.1 Å². The Labute approximate surface area is 83.9 Å². The average molecular weight is 205 g/mol. The van der Waals surface area contributed by atoms with E-state index in [1.54, 1.807) is 12.4 Å². The van der Waals surface area contributed by atoms with Crippen molar-refractivity contribution in [2.24, 2.45) is 0 Å². The molecule has 4 nitrogen and oxygen atoms in total. The van der Waals surface area contributed by atoms with Crippen molar-refractivity contribution in [3.8, 4) is 0 Å². The monoisotopic (exact) mass is 204 g/mol. The molecule has 1 N–H and O–H groups in total. The van der Waals surface area contributed by atoms with Gasteiger partial charge < -0.3 is 0 Å². The van der Waals surface area contributed by atoms with Crippen molar-refractivity contribution >= 4 is 33.4 Å². The van der Waals surface area contributed by atoms with Gasteiger partial charge in [-0.2, -0.15) is 15.4 Å². The van der Waals surface area contributed by atoms with Crippen molar-refractivity contribution in [3.05, 3.63) is 29.5 Å². The number of nitrogens with zero attached hydrogens (tertiary/aromatic N) is 3. The van der Waals surface area contributed by atoms with Gasteiger partial charge in [-0.25, -0.2) is 0 Å². The van der Waals surface area contributed by atoms with Gasteiger partial charge in [0.05, 0.1) is 22.3 Å². The topological polar surface area (TPSA) is 54.5 Å². The molecule has 0 spiro atoms. The van der Waals surface area contributed by atoms with Crippen molar-refractivity contribution in [2.75, 3.05) is 0 Å². The standard InChI is InChI=1S/C9H5ClN4/c10-7-4-11-9-5(7)1-2-8-6(9)3-12-14-13-8/h1-4,14H. The van der Waals surface area contributed by atoms with Crippen LogP contribution < -0.4 is 0 Å². The van der Waals surface area contributed by atoms with Crippen molar-refractivity contribution in [1.82, 2.24) is 20.4 Å². The molecule has 0 unspecified atom stereocenters. The quantitative estimate of drug-likeness (QED) is 0.611. The number of aromatic amines is 1. The number of nitrogens with one attached hydrogen (secondary N) is 1. The molecule has 0 fully saturated rings. The van der Waals surface area contributed by atoms with Gasteiger partial charge in [0.15, 0.2) is 0 Å².